The molecule has 1 aromatic heterocycles. The molecule has 1 amide bonds. The van der Waals surface area contributed by atoms with Gasteiger partial charge in [-0.05, 0) is 19.2 Å². The minimum absolute atomic E-state index is 0.134. The molecule has 0 aliphatic rings. The van der Waals surface area contributed by atoms with Crippen LogP contribution in [0.5, 0.6) is 0 Å². The topological polar surface area (TPSA) is 54.0 Å². The highest BCUT2D eigenvalue weighted by atomic mass is 35.5. The number of anilines is 1. The Morgan fingerprint density at radius 1 is 1.56 bits per heavy atom. The first-order valence-corrected chi connectivity index (χ1v) is 5.94. The predicted molar refractivity (Wildman–Crippen MR) is 67.2 cm³/mol. The molecule has 0 radical (unpaired) electrons. The summed E-state index contributed by atoms with van der Waals surface area (Å²) in [6.45, 7) is 0.247. The molecule has 84 valence electrons. The smallest absolute Gasteiger partial charge is 0.238 e. The van der Waals surface area contributed by atoms with Crippen molar-refractivity contribution in [3.05, 3.63) is 22.7 Å². The highest BCUT2D eigenvalue weighted by molar-refractivity contribution is 7.16. The van der Waals surface area contributed by atoms with Crippen molar-refractivity contribution in [2.45, 2.75) is 0 Å². The summed E-state index contributed by atoms with van der Waals surface area (Å²) in [5, 5.41) is 6.03. The third-order valence-electron chi connectivity index (χ3n) is 2.05. The largest absolute Gasteiger partial charge is 0.322 e. The number of amides is 1. The summed E-state index contributed by atoms with van der Waals surface area (Å²) in [7, 11) is 1.71. The SMILES string of the molecule is CNCC(=O)Nc1c(Cl)ccc2scnc12. The van der Waals surface area contributed by atoms with E-state index in [0.29, 0.717) is 10.7 Å². The molecule has 0 unspecified atom stereocenters. The maximum absolute atomic E-state index is 11.5. The van der Waals surface area contributed by atoms with Gasteiger partial charge < -0.3 is 10.6 Å². The Hall–Kier alpha value is -1.17. The average Bonchev–Trinajstić information content (AvgIpc) is 2.71. The molecule has 1 aromatic carbocycles. The highest BCUT2D eigenvalue weighted by Crippen LogP contribution is 2.32. The van der Waals surface area contributed by atoms with Crippen LogP contribution in [-0.2, 0) is 4.79 Å². The van der Waals surface area contributed by atoms with Crippen molar-refractivity contribution < 1.29 is 4.79 Å². The number of thiazole rings is 1. The zero-order valence-electron chi connectivity index (χ0n) is 8.58. The fourth-order valence-electron chi connectivity index (χ4n) is 1.37. The van der Waals surface area contributed by atoms with E-state index in [2.05, 4.69) is 15.6 Å². The third kappa shape index (κ3) is 2.16. The first-order chi connectivity index (χ1) is 7.72. The van der Waals surface area contributed by atoms with Crippen molar-refractivity contribution in [1.82, 2.24) is 10.3 Å². The van der Waals surface area contributed by atoms with Crippen LogP contribution < -0.4 is 10.6 Å². The van der Waals surface area contributed by atoms with Gasteiger partial charge in [0.25, 0.3) is 0 Å². The maximum atomic E-state index is 11.5. The van der Waals surface area contributed by atoms with Crippen LogP contribution in [-0.4, -0.2) is 24.5 Å². The van der Waals surface area contributed by atoms with Crippen LogP contribution in [0.25, 0.3) is 10.2 Å². The van der Waals surface area contributed by atoms with Crippen molar-refractivity contribution in [3.63, 3.8) is 0 Å². The van der Waals surface area contributed by atoms with Crippen molar-refractivity contribution in [3.8, 4) is 0 Å². The highest BCUT2D eigenvalue weighted by Gasteiger charge is 2.11. The van der Waals surface area contributed by atoms with Crippen LogP contribution in [0, 0.1) is 0 Å². The maximum Gasteiger partial charge on any atom is 0.238 e. The van der Waals surface area contributed by atoms with E-state index in [-0.39, 0.29) is 12.5 Å². The van der Waals surface area contributed by atoms with Gasteiger partial charge in [-0.25, -0.2) is 4.98 Å². The van der Waals surface area contributed by atoms with Gasteiger partial charge in [0.2, 0.25) is 5.91 Å². The number of nitrogens with zero attached hydrogens (tertiary/aromatic N) is 1. The Morgan fingerprint density at radius 2 is 2.38 bits per heavy atom. The van der Waals surface area contributed by atoms with Gasteiger partial charge >= 0.3 is 0 Å². The summed E-state index contributed by atoms with van der Waals surface area (Å²) in [5.41, 5.74) is 3.05. The van der Waals surface area contributed by atoms with Gasteiger partial charge in [0.1, 0.15) is 5.52 Å². The molecule has 0 bridgehead atoms. The minimum Gasteiger partial charge on any atom is -0.322 e. The molecule has 2 N–H and O–H groups in total. The molecule has 1 heterocycles. The van der Waals surface area contributed by atoms with E-state index in [1.807, 2.05) is 6.07 Å². The van der Waals surface area contributed by atoms with E-state index < -0.39 is 0 Å². The molecule has 0 saturated heterocycles. The minimum atomic E-state index is -0.134. The molecule has 0 aliphatic carbocycles. The van der Waals surface area contributed by atoms with Crippen LogP contribution in [0.4, 0.5) is 5.69 Å². The number of hydrogen-bond acceptors (Lipinski definition) is 4. The van der Waals surface area contributed by atoms with Crippen LogP contribution in [0.1, 0.15) is 0 Å². The third-order valence-corrected chi connectivity index (χ3v) is 3.16. The van der Waals surface area contributed by atoms with E-state index in [4.69, 9.17) is 11.6 Å². The molecule has 16 heavy (non-hydrogen) atoms. The number of rotatable bonds is 3. The summed E-state index contributed by atoms with van der Waals surface area (Å²) in [5.74, 6) is -0.134. The fourth-order valence-corrected chi connectivity index (χ4v) is 2.25. The van der Waals surface area contributed by atoms with Gasteiger partial charge in [-0.1, -0.05) is 11.6 Å². The van der Waals surface area contributed by atoms with Crippen molar-refractivity contribution in [2.24, 2.45) is 0 Å². The van der Waals surface area contributed by atoms with Crippen molar-refractivity contribution in [1.29, 1.82) is 0 Å². The Balaban J connectivity index is 2.38. The van der Waals surface area contributed by atoms with E-state index >= 15 is 0 Å². The fraction of sp³-hybridized carbons (Fsp3) is 0.200. The number of halogens is 1. The summed E-state index contributed by atoms with van der Waals surface area (Å²) in [4.78, 5) is 15.7. The lowest BCUT2D eigenvalue weighted by atomic mass is 10.3. The van der Waals surface area contributed by atoms with Gasteiger partial charge in [0.15, 0.2) is 0 Å². The van der Waals surface area contributed by atoms with Crippen LogP contribution in [0.2, 0.25) is 5.02 Å². The van der Waals surface area contributed by atoms with Crippen molar-refractivity contribution >= 4 is 44.7 Å². The number of benzene rings is 1. The first kappa shape index (κ1) is 11.3. The number of likely N-dealkylation sites (N-methyl/N-ethyl adjacent to an activating group) is 1. The molecule has 6 heteroatoms. The molecule has 0 aliphatic heterocycles. The average molecular weight is 256 g/mol. The summed E-state index contributed by atoms with van der Waals surface area (Å²) in [6, 6.07) is 3.65. The number of carbonyl (C=O) groups is 1. The Morgan fingerprint density at radius 3 is 3.12 bits per heavy atom. The Bertz CT molecular complexity index is 526. The number of aromatic nitrogens is 1. The standard InChI is InChI=1S/C10H10ClN3OS/c1-12-4-8(15)14-9-6(11)2-3-7-10(9)13-5-16-7/h2-3,5,12H,4H2,1H3,(H,14,15). The second-order valence-electron chi connectivity index (χ2n) is 3.20. The number of carbonyl (C=O) groups excluding carboxylic acids is 1. The van der Waals surface area contributed by atoms with Crippen LogP contribution in [0.15, 0.2) is 17.6 Å². The van der Waals surface area contributed by atoms with Crippen LogP contribution in [0.3, 0.4) is 0 Å². The van der Waals surface area contributed by atoms with Crippen LogP contribution >= 0.6 is 22.9 Å². The van der Waals surface area contributed by atoms with Crippen molar-refractivity contribution in [2.75, 3.05) is 18.9 Å². The number of hydrogen-bond donors (Lipinski definition) is 2. The lowest BCUT2D eigenvalue weighted by molar-refractivity contribution is -0.115. The predicted octanol–water partition coefficient (Wildman–Crippen LogP) is 2.11. The molecule has 2 rings (SSSR count). The molecule has 4 nitrogen and oxygen atoms in total. The van der Waals surface area contributed by atoms with E-state index in [1.54, 1.807) is 18.6 Å². The quantitative estimate of drug-likeness (QED) is 0.883. The van der Waals surface area contributed by atoms with E-state index in [0.717, 1.165) is 10.2 Å². The normalized spacial score (nSPS) is 10.6. The second kappa shape index (κ2) is 4.78. The first-order valence-electron chi connectivity index (χ1n) is 4.68. The zero-order chi connectivity index (χ0) is 11.5. The van der Waals surface area contributed by atoms with Gasteiger partial charge in [-0.2, -0.15) is 0 Å². The molecule has 0 atom stereocenters. The lowest BCUT2D eigenvalue weighted by Gasteiger charge is -2.07. The number of nitrogens with one attached hydrogen (secondary N) is 2. The molecular formula is C10H10ClN3OS. The summed E-state index contributed by atoms with van der Waals surface area (Å²) in [6.07, 6.45) is 0. The number of fused-ring (bicyclic) bond motifs is 1. The molecular weight excluding hydrogens is 246 g/mol. The Kier molecular flexibility index (Phi) is 3.38. The van der Waals surface area contributed by atoms with Gasteiger partial charge in [0, 0.05) is 0 Å². The lowest BCUT2D eigenvalue weighted by Crippen LogP contribution is -2.25. The van der Waals surface area contributed by atoms with Gasteiger partial charge in [-0.15, -0.1) is 11.3 Å². The van der Waals surface area contributed by atoms with Gasteiger partial charge in [-0.3, -0.25) is 4.79 Å². The molecule has 2 aromatic rings. The van der Waals surface area contributed by atoms with E-state index in [9.17, 15) is 4.79 Å². The molecule has 0 spiro atoms. The zero-order valence-corrected chi connectivity index (χ0v) is 10.2. The second-order valence-corrected chi connectivity index (χ2v) is 4.49. The Labute approximate surface area is 102 Å². The van der Waals surface area contributed by atoms with Gasteiger partial charge in [0.05, 0.1) is 27.5 Å². The summed E-state index contributed by atoms with van der Waals surface area (Å²) < 4.78 is 1.00. The molecule has 0 saturated carbocycles. The van der Waals surface area contributed by atoms with E-state index in [1.165, 1.54) is 11.3 Å². The monoisotopic (exact) mass is 255 g/mol. The summed E-state index contributed by atoms with van der Waals surface area (Å²) >= 11 is 7.55. The molecule has 0 fully saturated rings.